The van der Waals surface area contributed by atoms with Crippen LogP contribution >= 0.6 is 0 Å². The second kappa shape index (κ2) is 2.76. The summed E-state index contributed by atoms with van der Waals surface area (Å²) in [5.41, 5.74) is 5.29. The Morgan fingerprint density at radius 3 is 2.38 bits per heavy atom. The Balaban J connectivity index is 3.31. The minimum absolute atomic E-state index is 0.0347. The molecule has 0 aliphatic heterocycles. The molecule has 0 amide bonds. The van der Waals surface area contributed by atoms with Gasteiger partial charge in [0.05, 0.1) is 0 Å². The number of aromatic carboxylic acids is 1. The van der Waals surface area contributed by atoms with E-state index >= 15 is 0 Å². The SMILES string of the molecule is CC(C)(C)c1noc(N)c1C(=O)O. The van der Waals surface area contributed by atoms with E-state index in [0.717, 1.165) is 0 Å². The maximum absolute atomic E-state index is 10.8. The molecule has 0 aliphatic carbocycles. The summed E-state index contributed by atoms with van der Waals surface area (Å²) in [5.74, 6) is -1.25. The molecular weight excluding hydrogens is 172 g/mol. The lowest BCUT2D eigenvalue weighted by atomic mass is 9.89. The summed E-state index contributed by atoms with van der Waals surface area (Å²) >= 11 is 0. The standard InChI is InChI=1S/C8H12N2O3/c1-8(2,3)5-4(7(11)12)6(9)13-10-5/h9H2,1-3H3,(H,11,12). The summed E-state index contributed by atoms with van der Waals surface area (Å²) in [6.07, 6.45) is 0. The fourth-order valence-electron chi connectivity index (χ4n) is 1.02. The molecule has 72 valence electrons. The second-order valence-corrected chi connectivity index (χ2v) is 3.83. The Kier molecular flexibility index (Phi) is 2.03. The zero-order chi connectivity index (χ0) is 10.2. The fourth-order valence-corrected chi connectivity index (χ4v) is 1.02. The number of carboxylic acid groups (broad SMARTS) is 1. The summed E-state index contributed by atoms with van der Waals surface area (Å²) < 4.78 is 4.63. The number of carboxylic acids is 1. The van der Waals surface area contributed by atoms with Crippen LogP contribution < -0.4 is 5.73 Å². The van der Waals surface area contributed by atoms with Crippen molar-refractivity contribution in [3.8, 4) is 0 Å². The molecule has 1 rings (SSSR count). The predicted octanol–water partition coefficient (Wildman–Crippen LogP) is 1.25. The maximum Gasteiger partial charge on any atom is 0.343 e. The van der Waals surface area contributed by atoms with Crippen LogP contribution in [-0.4, -0.2) is 16.2 Å². The van der Waals surface area contributed by atoms with Crippen molar-refractivity contribution < 1.29 is 14.4 Å². The number of anilines is 1. The van der Waals surface area contributed by atoms with E-state index in [9.17, 15) is 4.79 Å². The first-order valence-corrected chi connectivity index (χ1v) is 3.83. The lowest BCUT2D eigenvalue weighted by molar-refractivity contribution is 0.0695. The van der Waals surface area contributed by atoms with Gasteiger partial charge in [-0.05, 0) is 0 Å². The molecule has 0 bridgehead atoms. The first-order valence-electron chi connectivity index (χ1n) is 3.83. The number of aromatic nitrogens is 1. The van der Waals surface area contributed by atoms with Crippen LogP contribution in [-0.2, 0) is 5.41 Å². The van der Waals surface area contributed by atoms with Gasteiger partial charge in [0.1, 0.15) is 11.3 Å². The van der Waals surface area contributed by atoms with Crippen molar-refractivity contribution in [2.75, 3.05) is 5.73 Å². The highest BCUT2D eigenvalue weighted by molar-refractivity contribution is 5.93. The van der Waals surface area contributed by atoms with E-state index in [1.807, 2.05) is 20.8 Å². The summed E-state index contributed by atoms with van der Waals surface area (Å²) in [6.45, 7) is 5.53. The van der Waals surface area contributed by atoms with Gasteiger partial charge in [-0.25, -0.2) is 4.79 Å². The van der Waals surface area contributed by atoms with Gasteiger partial charge in [0.25, 0.3) is 0 Å². The lowest BCUT2D eigenvalue weighted by Crippen LogP contribution is -2.16. The topological polar surface area (TPSA) is 89.4 Å². The highest BCUT2D eigenvalue weighted by Crippen LogP contribution is 2.28. The number of nitrogen functional groups attached to an aromatic ring is 1. The van der Waals surface area contributed by atoms with E-state index in [4.69, 9.17) is 10.8 Å². The van der Waals surface area contributed by atoms with Gasteiger partial charge in [0, 0.05) is 5.41 Å². The van der Waals surface area contributed by atoms with Gasteiger partial charge >= 0.3 is 5.97 Å². The molecular formula is C8H12N2O3. The molecule has 0 aromatic carbocycles. The van der Waals surface area contributed by atoms with Gasteiger partial charge in [0.15, 0.2) is 0 Å². The minimum atomic E-state index is -1.11. The van der Waals surface area contributed by atoms with Crippen molar-refractivity contribution in [1.29, 1.82) is 0 Å². The Morgan fingerprint density at radius 1 is 1.54 bits per heavy atom. The van der Waals surface area contributed by atoms with Crippen LogP contribution in [0.15, 0.2) is 4.52 Å². The molecule has 0 unspecified atom stereocenters. The Morgan fingerprint density at radius 2 is 2.08 bits per heavy atom. The quantitative estimate of drug-likeness (QED) is 0.685. The van der Waals surface area contributed by atoms with E-state index in [2.05, 4.69) is 9.68 Å². The Bertz CT molecular complexity index is 336. The van der Waals surface area contributed by atoms with Gasteiger partial charge < -0.3 is 15.4 Å². The van der Waals surface area contributed by atoms with Gasteiger partial charge in [0.2, 0.25) is 5.88 Å². The number of hydrogen-bond acceptors (Lipinski definition) is 4. The van der Waals surface area contributed by atoms with Crippen molar-refractivity contribution >= 4 is 11.9 Å². The molecule has 0 aliphatic rings. The number of carbonyl (C=O) groups is 1. The molecule has 5 nitrogen and oxygen atoms in total. The van der Waals surface area contributed by atoms with Crippen molar-refractivity contribution in [1.82, 2.24) is 5.16 Å². The van der Waals surface area contributed by atoms with Crippen LogP contribution in [0.5, 0.6) is 0 Å². The van der Waals surface area contributed by atoms with Crippen molar-refractivity contribution in [2.24, 2.45) is 0 Å². The Labute approximate surface area is 75.5 Å². The zero-order valence-electron chi connectivity index (χ0n) is 7.79. The molecule has 0 spiro atoms. The molecule has 1 aromatic rings. The predicted molar refractivity (Wildman–Crippen MR) is 46.6 cm³/mol. The molecule has 0 fully saturated rings. The monoisotopic (exact) mass is 184 g/mol. The smallest absolute Gasteiger partial charge is 0.343 e. The van der Waals surface area contributed by atoms with E-state index in [1.54, 1.807) is 0 Å². The van der Waals surface area contributed by atoms with E-state index in [-0.39, 0.29) is 16.9 Å². The summed E-state index contributed by atoms with van der Waals surface area (Å²) in [5, 5.41) is 12.4. The third-order valence-electron chi connectivity index (χ3n) is 1.64. The van der Waals surface area contributed by atoms with Crippen LogP contribution in [0, 0.1) is 0 Å². The van der Waals surface area contributed by atoms with Crippen molar-refractivity contribution in [3.05, 3.63) is 11.3 Å². The number of rotatable bonds is 1. The van der Waals surface area contributed by atoms with E-state index < -0.39 is 5.97 Å². The largest absolute Gasteiger partial charge is 0.477 e. The molecule has 5 heteroatoms. The third-order valence-corrected chi connectivity index (χ3v) is 1.64. The van der Waals surface area contributed by atoms with Gasteiger partial charge in [-0.2, -0.15) is 0 Å². The van der Waals surface area contributed by atoms with Gasteiger partial charge in [-0.3, -0.25) is 0 Å². The highest BCUT2D eigenvalue weighted by atomic mass is 16.5. The van der Waals surface area contributed by atoms with Crippen LogP contribution in [0.3, 0.4) is 0 Å². The number of nitrogens with zero attached hydrogens (tertiary/aromatic N) is 1. The second-order valence-electron chi connectivity index (χ2n) is 3.83. The molecule has 0 radical (unpaired) electrons. The maximum atomic E-state index is 10.8. The van der Waals surface area contributed by atoms with Crippen LogP contribution in [0.2, 0.25) is 0 Å². The summed E-state index contributed by atoms with van der Waals surface area (Å²) in [4.78, 5) is 10.8. The van der Waals surface area contributed by atoms with Crippen molar-refractivity contribution in [3.63, 3.8) is 0 Å². The average Bonchev–Trinajstić information content (AvgIpc) is 2.28. The number of hydrogen-bond donors (Lipinski definition) is 2. The first-order chi connectivity index (χ1) is 5.84. The number of nitrogens with two attached hydrogens (primary N) is 1. The molecule has 0 saturated heterocycles. The first kappa shape index (κ1) is 9.57. The van der Waals surface area contributed by atoms with Gasteiger partial charge in [-0.15, -0.1) is 0 Å². The van der Waals surface area contributed by atoms with Crippen LogP contribution in [0.25, 0.3) is 0 Å². The highest BCUT2D eigenvalue weighted by Gasteiger charge is 2.29. The molecule has 3 N–H and O–H groups in total. The summed E-state index contributed by atoms with van der Waals surface area (Å²) in [7, 11) is 0. The zero-order valence-corrected chi connectivity index (χ0v) is 7.79. The van der Waals surface area contributed by atoms with Crippen molar-refractivity contribution in [2.45, 2.75) is 26.2 Å². The Hall–Kier alpha value is -1.52. The summed E-state index contributed by atoms with van der Waals surface area (Å²) in [6, 6.07) is 0. The minimum Gasteiger partial charge on any atom is -0.477 e. The molecule has 0 saturated carbocycles. The third kappa shape index (κ3) is 1.63. The lowest BCUT2D eigenvalue weighted by Gasteiger charge is -2.14. The van der Waals surface area contributed by atoms with E-state index in [1.165, 1.54) is 0 Å². The molecule has 0 atom stereocenters. The normalized spacial score (nSPS) is 11.6. The van der Waals surface area contributed by atoms with Gasteiger partial charge in [-0.1, -0.05) is 25.9 Å². The van der Waals surface area contributed by atoms with Crippen LogP contribution in [0.4, 0.5) is 5.88 Å². The van der Waals surface area contributed by atoms with Crippen LogP contribution in [0.1, 0.15) is 36.8 Å². The average molecular weight is 184 g/mol. The van der Waals surface area contributed by atoms with E-state index in [0.29, 0.717) is 5.69 Å². The molecule has 13 heavy (non-hydrogen) atoms. The fraction of sp³-hybridized carbons (Fsp3) is 0.500. The molecule has 1 aromatic heterocycles. The molecule has 1 heterocycles.